The quantitative estimate of drug-likeness (QED) is 0.604. The summed E-state index contributed by atoms with van der Waals surface area (Å²) >= 11 is 3.20. The van der Waals surface area contributed by atoms with Crippen LogP contribution in [-0.2, 0) is 4.43 Å². The summed E-state index contributed by atoms with van der Waals surface area (Å²) in [7, 11) is -1.79. The van der Waals surface area contributed by atoms with Crippen LogP contribution >= 0.6 is 15.9 Å². The van der Waals surface area contributed by atoms with Crippen molar-refractivity contribution in [1.29, 1.82) is 0 Å². The number of rotatable bonds is 5. The Hall–Kier alpha value is 0.577. The highest BCUT2D eigenvalue weighted by molar-refractivity contribution is 9.09. The fourth-order valence-corrected chi connectivity index (χ4v) is 1.91. The molecule has 0 fully saturated rings. The molecule has 0 aliphatic heterocycles. The van der Waals surface area contributed by atoms with Crippen molar-refractivity contribution >= 4 is 24.2 Å². The van der Waals surface area contributed by atoms with E-state index in [9.17, 15) is 5.11 Å². The Balaban J connectivity index is 4.16. The van der Waals surface area contributed by atoms with Crippen molar-refractivity contribution < 1.29 is 14.6 Å². The third-order valence-electron chi connectivity index (χ3n) is 3.01. The molecule has 5 heteroatoms. The summed E-state index contributed by atoms with van der Waals surface area (Å²) in [5, 5.41) is 18.6. The molecule has 0 amide bonds. The lowest BCUT2D eigenvalue weighted by molar-refractivity contribution is 0.0836. The summed E-state index contributed by atoms with van der Waals surface area (Å²) in [5.41, 5.74) is 0. The predicted molar refractivity (Wildman–Crippen MR) is 69.0 cm³/mol. The number of aliphatic hydroxyl groups excluding tert-OH is 2. The highest BCUT2D eigenvalue weighted by Gasteiger charge is 2.37. The summed E-state index contributed by atoms with van der Waals surface area (Å²) in [6, 6.07) is 0. The lowest BCUT2D eigenvalue weighted by Crippen LogP contribution is -2.44. The molecule has 0 spiro atoms. The first kappa shape index (κ1) is 15.6. The maximum absolute atomic E-state index is 9.64. The first-order valence-corrected chi connectivity index (χ1v) is 9.01. The summed E-state index contributed by atoms with van der Waals surface area (Å²) < 4.78 is 5.83. The molecule has 92 valence electrons. The van der Waals surface area contributed by atoms with Crippen LogP contribution in [0.1, 0.15) is 20.8 Å². The van der Waals surface area contributed by atoms with Gasteiger partial charge in [0.1, 0.15) is 0 Å². The van der Waals surface area contributed by atoms with Crippen molar-refractivity contribution in [2.45, 2.75) is 49.8 Å². The summed E-state index contributed by atoms with van der Waals surface area (Å²) in [5.74, 6) is 0. The molecular weight excluding hydrogens is 276 g/mol. The minimum atomic E-state index is -1.79. The molecule has 3 nitrogen and oxygen atoms in total. The van der Waals surface area contributed by atoms with E-state index in [0.717, 1.165) is 0 Å². The summed E-state index contributed by atoms with van der Waals surface area (Å²) in [6.07, 6.45) is -0.649. The number of halogens is 1. The van der Waals surface area contributed by atoms with Gasteiger partial charge in [-0.3, -0.25) is 0 Å². The smallest absolute Gasteiger partial charge is 0.192 e. The monoisotopic (exact) mass is 298 g/mol. The van der Waals surface area contributed by atoms with Gasteiger partial charge in [-0.25, -0.2) is 0 Å². The van der Waals surface area contributed by atoms with Crippen LogP contribution in [0.4, 0.5) is 0 Å². The minimum absolute atomic E-state index is 0.0813. The van der Waals surface area contributed by atoms with Gasteiger partial charge in [0.2, 0.25) is 0 Å². The third kappa shape index (κ3) is 4.95. The van der Waals surface area contributed by atoms with Crippen LogP contribution in [0.15, 0.2) is 0 Å². The zero-order valence-electron chi connectivity index (χ0n) is 10.2. The molecule has 0 aromatic rings. The Morgan fingerprint density at radius 2 is 1.80 bits per heavy atom. The number of hydrogen-bond acceptors (Lipinski definition) is 3. The van der Waals surface area contributed by atoms with E-state index in [1.807, 2.05) is 0 Å². The second-order valence-electron chi connectivity index (χ2n) is 5.34. The number of alkyl halides is 1. The zero-order chi connectivity index (χ0) is 12.3. The van der Waals surface area contributed by atoms with Crippen molar-refractivity contribution in [2.75, 3.05) is 13.2 Å². The third-order valence-corrected chi connectivity index (χ3v) is 8.41. The molecule has 0 aromatic heterocycles. The van der Waals surface area contributed by atoms with Crippen LogP contribution in [0, 0.1) is 0 Å². The van der Waals surface area contributed by atoms with E-state index in [1.165, 1.54) is 0 Å². The molecule has 2 atom stereocenters. The number of hydrogen-bond donors (Lipinski definition) is 2. The summed E-state index contributed by atoms with van der Waals surface area (Å²) in [6.45, 7) is 11.0. The van der Waals surface area contributed by atoms with Crippen molar-refractivity contribution in [2.24, 2.45) is 0 Å². The van der Waals surface area contributed by atoms with E-state index in [2.05, 4.69) is 49.8 Å². The molecular formula is C10H23BrO3Si. The molecule has 0 aliphatic rings. The molecule has 0 heterocycles. The van der Waals surface area contributed by atoms with E-state index in [-0.39, 0.29) is 23.1 Å². The van der Waals surface area contributed by atoms with E-state index < -0.39 is 14.4 Å². The van der Waals surface area contributed by atoms with Gasteiger partial charge in [0.25, 0.3) is 0 Å². The molecule has 0 aliphatic carbocycles. The van der Waals surface area contributed by atoms with Crippen LogP contribution in [0.2, 0.25) is 18.1 Å². The first-order chi connectivity index (χ1) is 6.62. The van der Waals surface area contributed by atoms with Gasteiger partial charge in [-0.15, -0.1) is 0 Å². The van der Waals surface area contributed by atoms with Gasteiger partial charge in [-0.1, -0.05) is 36.7 Å². The molecule has 0 bridgehead atoms. The van der Waals surface area contributed by atoms with E-state index >= 15 is 0 Å². The van der Waals surface area contributed by atoms with Crippen LogP contribution < -0.4 is 0 Å². The fraction of sp³-hybridized carbons (Fsp3) is 1.00. The van der Waals surface area contributed by atoms with Crippen molar-refractivity contribution in [3.8, 4) is 0 Å². The van der Waals surface area contributed by atoms with Crippen LogP contribution in [-0.4, -0.2) is 42.7 Å². The van der Waals surface area contributed by atoms with Crippen molar-refractivity contribution in [1.82, 2.24) is 0 Å². The van der Waals surface area contributed by atoms with Crippen molar-refractivity contribution in [3.63, 3.8) is 0 Å². The van der Waals surface area contributed by atoms with E-state index in [1.54, 1.807) is 0 Å². The zero-order valence-corrected chi connectivity index (χ0v) is 12.8. The van der Waals surface area contributed by atoms with Gasteiger partial charge in [0.05, 0.1) is 24.1 Å². The lowest BCUT2D eigenvalue weighted by Gasteiger charge is -2.37. The van der Waals surface area contributed by atoms with Gasteiger partial charge in [-0.2, -0.15) is 0 Å². The molecule has 2 N–H and O–H groups in total. The van der Waals surface area contributed by atoms with Crippen molar-refractivity contribution in [3.05, 3.63) is 0 Å². The van der Waals surface area contributed by atoms with Gasteiger partial charge in [0, 0.05) is 0 Å². The Morgan fingerprint density at radius 3 is 2.13 bits per heavy atom. The molecule has 15 heavy (non-hydrogen) atoms. The molecule has 0 saturated heterocycles. The topological polar surface area (TPSA) is 49.7 Å². The molecule has 0 rings (SSSR count). The van der Waals surface area contributed by atoms with Gasteiger partial charge < -0.3 is 14.6 Å². The molecule has 0 saturated carbocycles. The SMILES string of the molecule is CC(C)(C)[Si](C)(C)OC[C@H](O)[C@H](Br)CO. The second-order valence-corrected chi connectivity index (χ2v) is 11.3. The largest absolute Gasteiger partial charge is 0.414 e. The van der Waals surface area contributed by atoms with E-state index in [0.29, 0.717) is 0 Å². The lowest BCUT2D eigenvalue weighted by atomic mass is 10.2. The highest BCUT2D eigenvalue weighted by Crippen LogP contribution is 2.36. The van der Waals surface area contributed by atoms with Gasteiger partial charge >= 0.3 is 0 Å². The average molecular weight is 299 g/mol. The Labute approximate surface area is 102 Å². The molecule has 0 aromatic carbocycles. The van der Waals surface area contributed by atoms with Gasteiger partial charge in [0.15, 0.2) is 8.32 Å². The minimum Gasteiger partial charge on any atom is -0.414 e. The molecule has 0 radical (unpaired) electrons. The highest BCUT2D eigenvalue weighted by atomic mass is 79.9. The fourth-order valence-electron chi connectivity index (χ4n) is 0.736. The average Bonchev–Trinajstić information content (AvgIpc) is 2.11. The maximum atomic E-state index is 9.64. The normalized spacial score (nSPS) is 17.6. The Kier molecular flexibility index (Phi) is 5.99. The first-order valence-electron chi connectivity index (χ1n) is 5.19. The van der Waals surface area contributed by atoms with Crippen LogP contribution in [0.5, 0.6) is 0 Å². The Bertz CT molecular complexity index is 192. The van der Waals surface area contributed by atoms with Gasteiger partial charge in [-0.05, 0) is 18.1 Å². The Morgan fingerprint density at radius 1 is 1.33 bits per heavy atom. The van der Waals surface area contributed by atoms with Crippen LogP contribution in [0.25, 0.3) is 0 Å². The number of aliphatic hydroxyl groups is 2. The second kappa shape index (κ2) is 5.77. The standard InChI is InChI=1S/C10H23BrO3Si/c1-10(2,3)15(4,5)14-7-9(13)8(11)6-12/h8-9,12-13H,6-7H2,1-5H3/t8-,9+/m1/s1. The van der Waals surface area contributed by atoms with E-state index in [4.69, 9.17) is 9.53 Å². The molecule has 0 unspecified atom stereocenters. The maximum Gasteiger partial charge on any atom is 0.192 e. The summed E-state index contributed by atoms with van der Waals surface area (Å²) in [4.78, 5) is -0.303. The predicted octanol–water partition coefficient (Wildman–Crippen LogP) is 2.12. The van der Waals surface area contributed by atoms with Crippen LogP contribution in [0.3, 0.4) is 0 Å².